The minimum Gasteiger partial charge on any atom is -0.281 e. The maximum atomic E-state index is 13.7. The molecular weight excluding hydrogens is 244 g/mol. The van der Waals surface area contributed by atoms with Crippen LogP contribution in [0.2, 0.25) is 0 Å². The van der Waals surface area contributed by atoms with Crippen molar-refractivity contribution in [2.24, 2.45) is 4.99 Å². The molecular formula is C16H13F2N. The van der Waals surface area contributed by atoms with Gasteiger partial charge in [0.2, 0.25) is 0 Å². The Morgan fingerprint density at radius 3 is 2.26 bits per heavy atom. The van der Waals surface area contributed by atoms with Crippen LogP contribution in [0.5, 0.6) is 0 Å². The number of hydrogen-bond acceptors (Lipinski definition) is 1. The molecule has 0 bridgehead atoms. The molecule has 0 radical (unpaired) electrons. The average Bonchev–Trinajstić information content (AvgIpc) is 2.89. The van der Waals surface area contributed by atoms with E-state index < -0.39 is 17.7 Å². The van der Waals surface area contributed by atoms with Gasteiger partial charge in [-0.3, -0.25) is 4.99 Å². The van der Waals surface area contributed by atoms with Gasteiger partial charge in [0.1, 0.15) is 11.6 Å². The Morgan fingerprint density at radius 1 is 0.895 bits per heavy atom. The molecule has 0 spiro atoms. The first-order valence-electron chi connectivity index (χ1n) is 6.31. The van der Waals surface area contributed by atoms with Crippen LogP contribution in [0.25, 0.3) is 0 Å². The van der Waals surface area contributed by atoms with Crippen molar-refractivity contribution >= 4 is 5.71 Å². The van der Waals surface area contributed by atoms with Crippen molar-refractivity contribution in [2.75, 3.05) is 0 Å². The third kappa shape index (κ3) is 2.28. The lowest BCUT2D eigenvalue weighted by Gasteiger charge is -2.09. The Labute approximate surface area is 110 Å². The number of aliphatic imine (C=N–C) groups is 1. The van der Waals surface area contributed by atoms with Gasteiger partial charge in [-0.15, -0.1) is 0 Å². The molecule has 0 N–H and O–H groups in total. The molecule has 2 aromatic carbocycles. The molecule has 0 fully saturated rings. The Bertz CT molecular complexity index is 600. The van der Waals surface area contributed by atoms with Crippen LogP contribution in [0, 0.1) is 11.6 Å². The Balaban J connectivity index is 1.95. The highest BCUT2D eigenvalue weighted by molar-refractivity contribution is 6.01. The van der Waals surface area contributed by atoms with E-state index in [0.29, 0.717) is 6.42 Å². The molecule has 2 aromatic rings. The van der Waals surface area contributed by atoms with Crippen molar-refractivity contribution in [1.29, 1.82) is 0 Å². The fourth-order valence-corrected chi connectivity index (χ4v) is 2.48. The summed E-state index contributed by atoms with van der Waals surface area (Å²) in [4.78, 5) is 4.49. The second-order valence-corrected chi connectivity index (χ2v) is 4.63. The van der Waals surface area contributed by atoms with Gasteiger partial charge in [0.05, 0.1) is 6.04 Å². The maximum Gasteiger partial charge on any atom is 0.131 e. The van der Waals surface area contributed by atoms with Crippen molar-refractivity contribution in [1.82, 2.24) is 0 Å². The largest absolute Gasteiger partial charge is 0.281 e. The molecule has 0 saturated heterocycles. The summed E-state index contributed by atoms with van der Waals surface area (Å²) in [5, 5.41) is 0. The average molecular weight is 257 g/mol. The molecule has 3 heteroatoms. The molecule has 1 unspecified atom stereocenters. The van der Waals surface area contributed by atoms with E-state index >= 15 is 0 Å². The fourth-order valence-electron chi connectivity index (χ4n) is 2.48. The predicted molar refractivity (Wildman–Crippen MR) is 71.3 cm³/mol. The summed E-state index contributed by atoms with van der Waals surface area (Å²) in [5.41, 5.74) is 2.04. The van der Waals surface area contributed by atoms with Crippen LogP contribution in [-0.2, 0) is 0 Å². The van der Waals surface area contributed by atoms with Crippen LogP contribution in [-0.4, -0.2) is 5.71 Å². The SMILES string of the molecule is Fc1cccc(F)c1C1CCC(c2ccccc2)=N1. The van der Waals surface area contributed by atoms with Gasteiger partial charge in [0.25, 0.3) is 0 Å². The lowest BCUT2D eigenvalue weighted by Crippen LogP contribution is -1.99. The molecule has 1 atom stereocenters. The summed E-state index contributed by atoms with van der Waals surface area (Å²) < 4.78 is 27.4. The van der Waals surface area contributed by atoms with Crippen molar-refractivity contribution in [3.05, 3.63) is 71.3 Å². The zero-order valence-corrected chi connectivity index (χ0v) is 10.3. The van der Waals surface area contributed by atoms with Gasteiger partial charge in [-0.05, 0) is 30.5 Å². The van der Waals surface area contributed by atoms with Crippen LogP contribution >= 0.6 is 0 Å². The van der Waals surface area contributed by atoms with Crippen LogP contribution in [0.1, 0.15) is 30.0 Å². The van der Waals surface area contributed by atoms with Crippen molar-refractivity contribution in [3.8, 4) is 0 Å². The molecule has 1 aliphatic heterocycles. The maximum absolute atomic E-state index is 13.7. The van der Waals surface area contributed by atoms with E-state index in [9.17, 15) is 8.78 Å². The Kier molecular flexibility index (Phi) is 3.11. The van der Waals surface area contributed by atoms with Crippen LogP contribution in [0.4, 0.5) is 8.78 Å². The summed E-state index contributed by atoms with van der Waals surface area (Å²) in [6, 6.07) is 13.3. The molecule has 3 rings (SSSR count). The first-order valence-corrected chi connectivity index (χ1v) is 6.31. The summed E-state index contributed by atoms with van der Waals surface area (Å²) in [6.07, 6.45) is 1.41. The zero-order valence-electron chi connectivity index (χ0n) is 10.3. The number of halogens is 2. The summed E-state index contributed by atoms with van der Waals surface area (Å²) >= 11 is 0. The van der Waals surface area contributed by atoms with Gasteiger partial charge in [-0.2, -0.15) is 0 Å². The highest BCUT2D eigenvalue weighted by atomic mass is 19.1. The Morgan fingerprint density at radius 2 is 1.58 bits per heavy atom. The second kappa shape index (κ2) is 4.92. The second-order valence-electron chi connectivity index (χ2n) is 4.63. The van der Waals surface area contributed by atoms with Gasteiger partial charge in [-0.25, -0.2) is 8.78 Å². The first-order chi connectivity index (χ1) is 9.25. The standard InChI is InChI=1S/C16H13F2N/c17-12-7-4-8-13(18)16(12)15-10-9-14(19-15)11-5-2-1-3-6-11/h1-8,15H,9-10H2. The summed E-state index contributed by atoms with van der Waals surface area (Å²) in [5.74, 6) is -1.02. The first kappa shape index (κ1) is 12.0. The van der Waals surface area contributed by atoms with E-state index in [1.165, 1.54) is 18.2 Å². The van der Waals surface area contributed by atoms with E-state index in [4.69, 9.17) is 0 Å². The van der Waals surface area contributed by atoms with Gasteiger partial charge in [0, 0.05) is 11.3 Å². The predicted octanol–water partition coefficient (Wildman–Crippen LogP) is 4.29. The van der Waals surface area contributed by atoms with Crippen LogP contribution in [0.15, 0.2) is 53.5 Å². The zero-order chi connectivity index (χ0) is 13.2. The lowest BCUT2D eigenvalue weighted by atomic mass is 10.0. The van der Waals surface area contributed by atoms with E-state index in [1.54, 1.807) is 0 Å². The third-order valence-corrected chi connectivity index (χ3v) is 3.41. The third-order valence-electron chi connectivity index (χ3n) is 3.41. The molecule has 96 valence electrons. The fraction of sp³-hybridized carbons (Fsp3) is 0.188. The molecule has 19 heavy (non-hydrogen) atoms. The molecule has 0 aliphatic carbocycles. The summed E-state index contributed by atoms with van der Waals surface area (Å²) in [7, 11) is 0. The molecule has 0 amide bonds. The van der Waals surface area contributed by atoms with Gasteiger partial charge >= 0.3 is 0 Å². The lowest BCUT2D eigenvalue weighted by molar-refractivity contribution is 0.526. The number of nitrogens with zero attached hydrogens (tertiary/aromatic N) is 1. The summed E-state index contributed by atoms with van der Waals surface area (Å²) in [6.45, 7) is 0. The van der Waals surface area contributed by atoms with Crippen LogP contribution < -0.4 is 0 Å². The topological polar surface area (TPSA) is 12.4 Å². The molecule has 1 aliphatic rings. The Hall–Kier alpha value is -2.03. The smallest absolute Gasteiger partial charge is 0.131 e. The van der Waals surface area contributed by atoms with E-state index in [0.717, 1.165) is 17.7 Å². The minimum absolute atomic E-state index is 0.0911. The molecule has 1 heterocycles. The van der Waals surface area contributed by atoms with Crippen LogP contribution in [0.3, 0.4) is 0 Å². The quantitative estimate of drug-likeness (QED) is 0.761. The highest BCUT2D eigenvalue weighted by Crippen LogP contribution is 2.33. The number of benzene rings is 2. The van der Waals surface area contributed by atoms with E-state index in [1.807, 2.05) is 30.3 Å². The molecule has 1 nitrogen and oxygen atoms in total. The van der Waals surface area contributed by atoms with Crippen molar-refractivity contribution in [3.63, 3.8) is 0 Å². The van der Waals surface area contributed by atoms with E-state index in [2.05, 4.69) is 4.99 Å². The molecule has 0 aromatic heterocycles. The normalized spacial score (nSPS) is 18.4. The van der Waals surface area contributed by atoms with Gasteiger partial charge < -0.3 is 0 Å². The molecule has 0 saturated carbocycles. The van der Waals surface area contributed by atoms with Crippen molar-refractivity contribution < 1.29 is 8.78 Å². The van der Waals surface area contributed by atoms with Gasteiger partial charge in [-0.1, -0.05) is 36.4 Å². The monoisotopic (exact) mass is 257 g/mol. The van der Waals surface area contributed by atoms with Crippen molar-refractivity contribution in [2.45, 2.75) is 18.9 Å². The number of hydrogen-bond donors (Lipinski definition) is 0. The van der Waals surface area contributed by atoms with Gasteiger partial charge in [0.15, 0.2) is 0 Å². The number of rotatable bonds is 2. The minimum atomic E-state index is -0.511. The highest BCUT2D eigenvalue weighted by Gasteiger charge is 2.25. The van der Waals surface area contributed by atoms with E-state index in [-0.39, 0.29) is 5.56 Å².